The van der Waals surface area contributed by atoms with Gasteiger partial charge in [-0.2, -0.15) is 0 Å². The Morgan fingerprint density at radius 3 is 1.06 bits per heavy atom. The summed E-state index contributed by atoms with van der Waals surface area (Å²) in [5, 5.41) is 203. The molecule has 32 nitrogen and oxygen atoms in total. The monoisotopic (exact) mass is 1030 g/mol. The zero-order valence-electron chi connectivity index (χ0n) is 37.0. The van der Waals surface area contributed by atoms with Crippen molar-refractivity contribution in [2.45, 2.75) is 191 Å². The van der Waals surface area contributed by atoms with Crippen LogP contribution in [-0.4, -0.2) is 327 Å². The number of aliphatic hydroxyl groups is 19. The lowest BCUT2D eigenvalue weighted by Crippen LogP contribution is -2.71. The number of carbonyl (C=O) groups is 1. The predicted molar refractivity (Wildman–Crippen MR) is 211 cm³/mol. The summed E-state index contributed by atoms with van der Waals surface area (Å²) >= 11 is 0. The van der Waals surface area contributed by atoms with E-state index < -0.39 is 230 Å². The standard InChI is InChI=1S/C38H65NO31/c1-8(46)39-15-30(68-36-24(55)21(52)17(48)10(3-41)62-36)28(66-35-23(54)20(51)16(47)9(2-40)61-35)14(7-45)65-34(15)69-31-19(50)12(5-43)64-38(27(31)58)67-29-13(6-44)60-33(59)26(57)32(29)70-37-25(56)22(53)18(49)11(4-42)63-37/h9-38,40-45,47-59H,2-7H2,1H3,(H,39,46)/t9-,10+,11-,12+,13+,14+,15+,16+,17-,18+,19-,20+,21-,22+,23-,24+,25-,26+,27+,28+,29+,30+,31-,32+,33?,34-,35-,36-,37-,38-/m0/s1. The van der Waals surface area contributed by atoms with E-state index in [1.807, 2.05) is 0 Å². The Morgan fingerprint density at radius 2 is 0.657 bits per heavy atom. The first-order valence-corrected chi connectivity index (χ1v) is 22.1. The third-order valence-electron chi connectivity index (χ3n) is 12.8. The maximum Gasteiger partial charge on any atom is 0.217 e. The van der Waals surface area contributed by atoms with E-state index in [0.29, 0.717) is 0 Å². The van der Waals surface area contributed by atoms with Gasteiger partial charge in [-0.3, -0.25) is 4.79 Å². The van der Waals surface area contributed by atoms with Crippen molar-refractivity contribution >= 4 is 5.91 Å². The highest BCUT2D eigenvalue weighted by Crippen LogP contribution is 2.38. The first-order chi connectivity index (χ1) is 33.2. The third-order valence-corrected chi connectivity index (χ3v) is 12.8. The van der Waals surface area contributed by atoms with Crippen LogP contribution in [0.15, 0.2) is 0 Å². The van der Waals surface area contributed by atoms with Crippen LogP contribution in [0.4, 0.5) is 0 Å². The smallest absolute Gasteiger partial charge is 0.217 e. The van der Waals surface area contributed by atoms with Crippen molar-refractivity contribution in [2.75, 3.05) is 39.6 Å². The highest BCUT2D eigenvalue weighted by molar-refractivity contribution is 5.73. The molecule has 32 heteroatoms. The lowest BCUT2D eigenvalue weighted by molar-refractivity contribution is -0.398. The molecule has 6 saturated heterocycles. The number of nitrogens with one attached hydrogen (secondary N) is 1. The molecule has 0 spiro atoms. The molecule has 20 N–H and O–H groups in total. The third kappa shape index (κ3) is 11.9. The lowest BCUT2D eigenvalue weighted by atomic mass is 9.93. The first kappa shape index (κ1) is 57.5. The minimum atomic E-state index is -2.30. The fourth-order valence-electron chi connectivity index (χ4n) is 8.90. The molecule has 0 saturated carbocycles. The number of hydrogen-bond donors (Lipinski definition) is 20. The van der Waals surface area contributed by atoms with Crippen molar-refractivity contribution in [1.29, 1.82) is 0 Å². The fourth-order valence-corrected chi connectivity index (χ4v) is 8.90. The summed E-state index contributed by atoms with van der Waals surface area (Å²) in [5.74, 6) is -0.917. The Balaban J connectivity index is 1.33. The summed E-state index contributed by atoms with van der Waals surface area (Å²) in [7, 11) is 0. The molecule has 408 valence electrons. The van der Waals surface area contributed by atoms with Crippen LogP contribution in [0.5, 0.6) is 0 Å². The lowest BCUT2D eigenvalue weighted by Gasteiger charge is -2.52. The van der Waals surface area contributed by atoms with E-state index in [1.165, 1.54) is 0 Å². The average Bonchev–Trinajstić information content (AvgIpc) is 3.34. The number of rotatable bonds is 17. The summed E-state index contributed by atoms with van der Waals surface area (Å²) in [6, 6.07) is -1.88. The molecule has 6 fully saturated rings. The Labute approximate surface area is 395 Å². The van der Waals surface area contributed by atoms with E-state index in [0.717, 1.165) is 6.92 Å². The van der Waals surface area contributed by atoms with Crippen LogP contribution < -0.4 is 5.32 Å². The molecule has 6 aliphatic heterocycles. The maximum atomic E-state index is 13.0. The van der Waals surface area contributed by atoms with Crippen LogP contribution in [0.3, 0.4) is 0 Å². The van der Waals surface area contributed by atoms with Crippen LogP contribution in [-0.2, 0) is 56.9 Å². The van der Waals surface area contributed by atoms with E-state index in [1.54, 1.807) is 0 Å². The van der Waals surface area contributed by atoms with Gasteiger partial charge >= 0.3 is 0 Å². The molecule has 0 aromatic rings. The van der Waals surface area contributed by atoms with Gasteiger partial charge in [0, 0.05) is 6.92 Å². The number of amides is 1. The molecule has 6 rings (SSSR count). The van der Waals surface area contributed by atoms with Crippen molar-refractivity contribution < 1.29 is 154 Å². The molecule has 0 bridgehead atoms. The van der Waals surface area contributed by atoms with Crippen LogP contribution in [0.25, 0.3) is 0 Å². The first-order valence-electron chi connectivity index (χ1n) is 22.1. The van der Waals surface area contributed by atoms with E-state index in [2.05, 4.69) is 5.32 Å². The molecule has 0 radical (unpaired) electrons. The van der Waals surface area contributed by atoms with Crippen molar-refractivity contribution in [3.05, 3.63) is 0 Å². The van der Waals surface area contributed by atoms with Crippen LogP contribution in [0.2, 0.25) is 0 Å². The number of hydrogen-bond acceptors (Lipinski definition) is 31. The molecule has 0 aromatic heterocycles. The highest BCUT2D eigenvalue weighted by atomic mass is 16.8. The summed E-state index contributed by atoms with van der Waals surface area (Å²) < 4.78 is 63.1. The van der Waals surface area contributed by atoms with Crippen LogP contribution in [0, 0.1) is 0 Å². The summed E-state index contributed by atoms with van der Waals surface area (Å²) in [6.07, 6.45) is -56.9. The van der Waals surface area contributed by atoms with Gasteiger partial charge in [0.2, 0.25) is 5.91 Å². The molecule has 70 heavy (non-hydrogen) atoms. The van der Waals surface area contributed by atoms with E-state index >= 15 is 0 Å². The van der Waals surface area contributed by atoms with Crippen molar-refractivity contribution in [3.63, 3.8) is 0 Å². The predicted octanol–water partition coefficient (Wildman–Crippen LogP) is -14.0. The summed E-state index contributed by atoms with van der Waals surface area (Å²) in [5.41, 5.74) is 0. The number of ether oxygens (including phenoxy) is 11. The van der Waals surface area contributed by atoms with Gasteiger partial charge in [0.15, 0.2) is 37.7 Å². The molecule has 1 amide bonds. The molecule has 30 atom stereocenters. The molecule has 6 heterocycles. The normalized spacial score (nSPS) is 51.5. The van der Waals surface area contributed by atoms with E-state index in [-0.39, 0.29) is 0 Å². The average molecular weight is 1030 g/mol. The molecular weight excluding hydrogens is 966 g/mol. The zero-order valence-corrected chi connectivity index (χ0v) is 37.0. The quantitative estimate of drug-likeness (QED) is 0.0643. The molecular formula is C38H65NO31. The Morgan fingerprint density at radius 1 is 0.343 bits per heavy atom. The molecule has 0 aliphatic carbocycles. The van der Waals surface area contributed by atoms with Gasteiger partial charge in [0.25, 0.3) is 0 Å². The second-order valence-electron chi connectivity index (χ2n) is 17.5. The van der Waals surface area contributed by atoms with Crippen molar-refractivity contribution in [2.24, 2.45) is 0 Å². The topological polar surface area (TPSA) is 515 Å². The molecule has 0 aromatic carbocycles. The summed E-state index contributed by atoms with van der Waals surface area (Å²) in [4.78, 5) is 13.0. The maximum absolute atomic E-state index is 13.0. The van der Waals surface area contributed by atoms with Gasteiger partial charge in [0.05, 0.1) is 39.6 Å². The van der Waals surface area contributed by atoms with Gasteiger partial charge in [0.1, 0.15) is 146 Å². The summed E-state index contributed by atoms with van der Waals surface area (Å²) in [6.45, 7) is -5.03. The SMILES string of the molecule is CC(=O)N[C@H]1[C@H](O[C@H]2[C@@H](O)[C@@H](CO)O[C@@H](O[C@H]3[C@H](O[C@@H]4O[C@@H](CO)[C@@H](O)[C@@H](O)[C@@H]4O)[C@@H](O)C(O)O[C@@H]3CO)[C@@H]2O)O[C@H](CO)[C@@H](O[C@@H]2O[C@@H](CO)[C@@H](O)[C@@H](O)[C@@H]2O)[C@@H]1O[C@@H]1O[C@H](CO)[C@H](O)[C@H](O)[C@H]1O. The van der Waals surface area contributed by atoms with Gasteiger partial charge in [-0.15, -0.1) is 0 Å². The number of aliphatic hydroxyl groups excluding tert-OH is 19. The largest absolute Gasteiger partial charge is 0.394 e. The Bertz CT molecular complexity index is 1620. The molecule has 1 unspecified atom stereocenters. The highest BCUT2D eigenvalue weighted by Gasteiger charge is 2.59. The van der Waals surface area contributed by atoms with Gasteiger partial charge in [-0.05, 0) is 0 Å². The fraction of sp³-hybridized carbons (Fsp3) is 0.974. The van der Waals surface area contributed by atoms with E-state index in [4.69, 9.17) is 52.1 Å². The minimum absolute atomic E-state index is 0.906. The Kier molecular flexibility index (Phi) is 20.3. The van der Waals surface area contributed by atoms with Gasteiger partial charge in [-0.25, -0.2) is 0 Å². The van der Waals surface area contributed by atoms with Crippen molar-refractivity contribution in [1.82, 2.24) is 5.32 Å². The van der Waals surface area contributed by atoms with Gasteiger partial charge < -0.3 is 154 Å². The zero-order chi connectivity index (χ0) is 51.6. The van der Waals surface area contributed by atoms with Crippen molar-refractivity contribution in [3.8, 4) is 0 Å². The van der Waals surface area contributed by atoms with Gasteiger partial charge in [-0.1, -0.05) is 0 Å². The number of carbonyl (C=O) groups excluding carboxylic acids is 1. The minimum Gasteiger partial charge on any atom is -0.394 e. The van der Waals surface area contributed by atoms with E-state index in [9.17, 15) is 102 Å². The second kappa shape index (κ2) is 24.7. The second-order valence-corrected chi connectivity index (χ2v) is 17.5. The van der Waals surface area contributed by atoms with Crippen LogP contribution >= 0.6 is 0 Å². The molecule has 6 aliphatic rings. The Hall–Kier alpha value is -1.73. The van der Waals surface area contributed by atoms with Crippen LogP contribution in [0.1, 0.15) is 6.92 Å².